The number of alkyl halides is 3. The summed E-state index contributed by atoms with van der Waals surface area (Å²) in [5.74, 6) is -5.04. The summed E-state index contributed by atoms with van der Waals surface area (Å²) < 4.78 is 85.1. The van der Waals surface area contributed by atoms with E-state index in [1.54, 1.807) is 0 Å². The van der Waals surface area contributed by atoms with Gasteiger partial charge in [0.15, 0.2) is 9.84 Å². The summed E-state index contributed by atoms with van der Waals surface area (Å²) in [5, 5.41) is 1.48. The van der Waals surface area contributed by atoms with E-state index in [-0.39, 0.29) is 6.42 Å². The zero-order valence-electron chi connectivity index (χ0n) is 10.4. The predicted octanol–water partition coefficient (Wildman–Crippen LogP) is 1.81. The fraction of sp³-hybridized carbons (Fsp3) is 0.364. The summed E-state index contributed by atoms with van der Waals surface area (Å²) in [6.07, 6.45) is -5.44. The van der Waals surface area contributed by atoms with Crippen molar-refractivity contribution in [1.29, 1.82) is 0 Å². The number of benzene rings is 1. The molecule has 10 heteroatoms. The highest BCUT2D eigenvalue weighted by Crippen LogP contribution is 2.18. The van der Waals surface area contributed by atoms with E-state index in [2.05, 4.69) is 0 Å². The molecule has 0 fully saturated rings. The quantitative estimate of drug-likeness (QED) is 0.661. The van der Waals surface area contributed by atoms with Crippen LogP contribution in [0.4, 0.5) is 22.0 Å². The molecule has 0 heterocycles. The molecular weight excluding hydrogens is 321 g/mol. The Morgan fingerprint density at radius 1 is 1.19 bits per heavy atom. The normalized spacial score (nSPS) is 12.2. The predicted molar refractivity (Wildman–Crippen MR) is 62.1 cm³/mol. The van der Waals surface area contributed by atoms with E-state index >= 15 is 0 Å². The third-order valence-corrected chi connectivity index (χ3v) is 4.17. The second-order valence-electron chi connectivity index (χ2n) is 4.00. The lowest BCUT2D eigenvalue weighted by Gasteiger charge is -2.08. The van der Waals surface area contributed by atoms with Gasteiger partial charge in [0.1, 0.15) is 16.5 Å². The summed E-state index contributed by atoms with van der Waals surface area (Å²) in [6, 6.07) is 1.85. The number of carbonyl (C=O) groups excluding carboxylic acids is 1. The molecular formula is C11H10F5NO3S. The van der Waals surface area contributed by atoms with E-state index in [1.165, 1.54) is 5.32 Å². The van der Waals surface area contributed by atoms with Crippen LogP contribution in [0.25, 0.3) is 0 Å². The van der Waals surface area contributed by atoms with Crippen molar-refractivity contribution in [2.75, 3.05) is 12.3 Å². The van der Waals surface area contributed by atoms with Gasteiger partial charge in [0.25, 0.3) is 0 Å². The number of rotatable bonds is 5. The zero-order chi connectivity index (χ0) is 16.3. The van der Waals surface area contributed by atoms with Crippen LogP contribution in [0.1, 0.15) is 6.42 Å². The molecule has 0 aliphatic carbocycles. The Kier molecular flexibility index (Phi) is 5.26. The molecule has 1 rings (SSSR count). The lowest BCUT2D eigenvalue weighted by molar-refractivity contribution is -0.173. The van der Waals surface area contributed by atoms with Gasteiger partial charge in [-0.15, -0.1) is 0 Å². The van der Waals surface area contributed by atoms with Crippen LogP contribution >= 0.6 is 0 Å². The molecule has 1 amide bonds. The molecule has 0 radical (unpaired) electrons. The first kappa shape index (κ1) is 17.3. The van der Waals surface area contributed by atoms with Crippen LogP contribution in [0.5, 0.6) is 0 Å². The van der Waals surface area contributed by atoms with E-state index in [1.807, 2.05) is 0 Å². The van der Waals surface area contributed by atoms with Gasteiger partial charge >= 0.3 is 12.1 Å². The highest BCUT2D eigenvalue weighted by Gasteiger charge is 2.38. The van der Waals surface area contributed by atoms with Crippen molar-refractivity contribution < 1.29 is 35.2 Å². The van der Waals surface area contributed by atoms with Crippen molar-refractivity contribution >= 4 is 15.7 Å². The molecule has 0 spiro atoms. The highest BCUT2D eigenvalue weighted by atomic mass is 32.2. The van der Waals surface area contributed by atoms with E-state index < -0.39 is 50.7 Å². The highest BCUT2D eigenvalue weighted by molar-refractivity contribution is 7.91. The zero-order valence-corrected chi connectivity index (χ0v) is 11.2. The average molecular weight is 331 g/mol. The van der Waals surface area contributed by atoms with Gasteiger partial charge in [-0.05, 0) is 24.6 Å². The molecule has 4 nitrogen and oxygen atoms in total. The summed E-state index contributed by atoms with van der Waals surface area (Å²) in [5.41, 5.74) is 0. The van der Waals surface area contributed by atoms with Crippen LogP contribution in [-0.2, 0) is 14.6 Å². The molecule has 1 aromatic carbocycles. The first-order valence-corrected chi connectivity index (χ1v) is 7.22. The minimum absolute atomic E-state index is 0.375. The van der Waals surface area contributed by atoms with Crippen LogP contribution in [0.3, 0.4) is 0 Å². The Morgan fingerprint density at radius 3 is 2.38 bits per heavy atom. The molecule has 1 N–H and O–H groups in total. The number of nitrogens with one attached hydrogen (secondary N) is 1. The second kappa shape index (κ2) is 6.37. The standard InChI is InChI=1S/C11H10F5NO3S/c12-7-2-3-8(13)9(6-7)21(19,20)5-1-4-17-10(18)11(14,15)16/h2-3,6H,1,4-5H2,(H,17,18). The second-order valence-corrected chi connectivity index (χ2v) is 6.08. The summed E-state index contributed by atoms with van der Waals surface area (Å²) in [6.45, 7) is -0.561. The molecule has 0 bridgehead atoms. The van der Waals surface area contributed by atoms with Crippen molar-refractivity contribution in [2.45, 2.75) is 17.5 Å². The summed E-state index contributed by atoms with van der Waals surface area (Å²) >= 11 is 0. The first-order valence-electron chi connectivity index (χ1n) is 5.57. The van der Waals surface area contributed by atoms with Gasteiger partial charge in [-0.3, -0.25) is 4.79 Å². The number of hydrogen-bond acceptors (Lipinski definition) is 3. The van der Waals surface area contributed by atoms with Crippen LogP contribution < -0.4 is 5.32 Å². The van der Waals surface area contributed by atoms with Crippen molar-refractivity contribution in [1.82, 2.24) is 5.32 Å². The Balaban J connectivity index is 2.63. The lowest BCUT2D eigenvalue weighted by Crippen LogP contribution is -2.37. The minimum atomic E-state index is -5.06. The smallest absolute Gasteiger partial charge is 0.348 e. The number of sulfone groups is 1. The summed E-state index contributed by atoms with van der Waals surface area (Å²) in [7, 11) is -4.19. The minimum Gasteiger partial charge on any atom is -0.348 e. The third kappa shape index (κ3) is 4.96. The Morgan fingerprint density at radius 2 is 1.81 bits per heavy atom. The number of hydrogen-bond donors (Lipinski definition) is 1. The maximum atomic E-state index is 13.3. The molecule has 0 unspecified atom stereocenters. The fourth-order valence-electron chi connectivity index (χ4n) is 1.39. The van der Waals surface area contributed by atoms with Gasteiger partial charge in [0, 0.05) is 6.54 Å². The van der Waals surface area contributed by atoms with Gasteiger partial charge in [-0.25, -0.2) is 17.2 Å². The van der Waals surface area contributed by atoms with Crippen molar-refractivity contribution in [2.24, 2.45) is 0 Å². The van der Waals surface area contributed by atoms with Gasteiger partial charge in [0.05, 0.1) is 5.75 Å². The summed E-state index contributed by atoms with van der Waals surface area (Å²) in [4.78, 5) is 9.59. The van der Waals surface area contributed by atoms with Crippen molar-refractivity contribution in [3.05, 3.63) is 29.8 Å². The molecule has 0 saturated heterocycles. The third-order valence-electron chi connectivity index (χ3n) is 2.36. The van der Waals surface area contributed by atoms with Gasteiger partial charge in [-0.1, -0.05) is 0 Å². The monoisotopic (exact) mass is 331 g/mol. The van der Waals surface area contributed by atoms with Crippen LogP contribution in [-0.4, -0.2) is 32.8 Å². The molecule has 0 aliphatic heterocycles. The molecule has 0 saturated carbocycles. The van der Waals surface area contributed by atoms with Crippen LogP contribution in [0.2, 0.25) is 0 Å². The largest absolute Gasteiger partial charge is 0.471 e. The van der Waals surface area contributed by atoms with E-state index in [4.69, 9.17) is 0 Å². The molecule has 118 valence electrons. The fourth-order valence-corrected chi connectivity index (χ4v) is 2.79. The Bertz CT molecular complexity index is 627. The molecule has 0 aliphatic rings. The molecule has 0 aromatic heterocycles. The maximum Gasteiger partial charge on any atom is 0.471 e. The van der Waals surface area contributed by atoms with Gasteiger partial charge in [-0.2, -0.15) is 13.2 Å². The van der Waals surface area contributed by atoms with Crippen molar-refractivity contribution in [3.63, 3.8) is 0 Å². The van der Waals surface area contributed by atoms with Gasteiger partial charge in [0.2, 0.25) is 0 Å². The average Bonchev–Trinajstić information content (AvgIpc) is 2.36. The number of carbonyl (C=O) groups is 1. The van der Waals surface area contributed by atoms with E-state index in [9.17, 15) is 35.2 Å². The molecule has 21 heavy (non-hydrogen) atoms. The van der Waals surface area contributed by atoms with Crippen LogP contribution in [0.15, 0.2) is 23.1 Å². The van der Waals surface area contributed by atoms with Gasteiger partial charge < -0.3 is 5.32 Å². The van der Waals surface area contributed by atoms with E-state index in [0.29, 0.717) is 12.1 Å². The van der Waals surface area contributed by atoms with Crippen LogP contribution in [0, 0.1) is 11.6 Å². The SMILES string of the molecule is O=C(NCCCS(=O)(=O)c1cc(F)ccc1F)C(F)(F)F. The lowest BCUT2D eigenvalue weighted by atomic mass is 10.3. The Hall–Kier alpha value is -1.71. The van der Waals surface area contributed by atoms with E-state index in [0.717, 1.165) is 6.07 Å². The topological polar surface area (TPSA) is 63.2 Å². The molecule has 1 aromatic rings. The number of amides is 1. The Labute approximate surface area is 116 Å². The first-order chi connectivity index (χ1) is 9.54. The number of halogens is 5. The van der Waals surface area contributed by atoms with Crippen molar-refractivity contribution in [3.8, 4) is 0 Å². The molecule has 0 atom stereocenters. The maximum absolute atomic E-state index is 13.3.